The maximum absolute atomic E-state index is 14.1. The Morgan fingerprint density at radius 2 is 1.72 bits per heavy atom. The average molecular weight is 635 g/mol. The number of rotatable bonds is 7. The minimum Gasteiger partial charge on any atom is -0.460 e. The fourth-order valence-electron chi connectivity index (χ4n) is 5.40. The number of aryl methyl sites for hydroxylation is 1. The monoisotopic (exact) mass is 634 g/mol. The van der Waals surface area contributed by atoms with Gasteiger partial charge in [-0.2, -0.15) is 13.2 Å². The molecule has 0 bridgehead atoms. The first-order valence-electron chi connectivity index (χ1n) is 14.5. The van der Waals surface area contributed by atoms with E-state index in [1.165, 1.54) is 41.4 Å². The standard InChI is InChI=1S/C34H27F5N4O3/c35-33(36)9-11-43(12-10-33)32(45)22-4-8-29(41-18-22)23-14-24-15-27(46-31(24)28(16-23)34(37,38)39)7-6-26(44)5-2-20-1-3-21-17-30(40)42-19-25(21)13-20/h1-5,8,13-19H,6-7,9-12H2,(H2,40,42)/b5-2+. The largest absolute Gasteiger partial charge is 0.460 e. The van der Waals surface area contributed by atoms with E-state index < -0.39 is 36.4 Å². The SMILES string of the molecule is Nc1cc2ccc(/C=C/C(=O)CCc3cc4cc(-c5ccc(C(=O)N6CCC(F)(F)CC6)cn5)cc(C(F)(F)F)c4o3)cc2cn1. The number of halogens is 5. The Morgan fingerprint density at radius 1 is 0.935 bits per heavy atom. The number of fused-ring (bicyclic) bond motifs is 2. The highest BCUT2D eigenvalue weighted by Crippen LogP contribution is 2.39. The number of benzene rings is 2. The Morgan fingerprint density at radius 3 is 2.43 bits per heavy atom. The number of hydrogen-bond donors (Lipinski definition) is 1. The van der Waals surface area contributed by atoms with Gasteiger partial charge >= 0.3 is 6.18 Å². The molecular weight excluding hydrogens is 607 g/mol. The number of nitrogens with two attached hydrogens (primary N) is 1. The molecule has 0 spiro atoms. The van der Waals surface area contributed by atoms with Crippen molar-refractivity contribution in [3.8, 4) is 11.3 Å². The Bertz CT molecular complexity index is 1970. The van der Waals surface area contributed by atoms with E-state index in [2.05, 4.69) is 9.97 Å². The summed E-state index contributed by atoms with van der Waals surface area (Å²) < 4.78 is 74.8. The predicted molar refractivity (Wildman–Crippen MR) is 163 cm³/mol. The molecule has 0 aliphatic carbocycles. The molecule has 1 aliphatic heterocycles. The van der Waals surface area contributed by atoms with Gasteiger partial charge in [0.1, 0.15) is 17.2 Å². The van der Waals surface area contributed by atoms with E-state index in [9.17, 15) is 31.5 Å². The number of pyridine rings is 2. The van der Waals surface area contributed by atoms with Crippen molar-refractivity contribution in [2.45, 2.75) is 37.8 Å². The van der Waals surface area contributed by atoms with Gasteiger partial charge in [-0.3, -0.25) is 14.6 Å². The number of aromatic nitrogens is 2. The van der Waals surface area contributed by atoms with Gasteiger partial charge in [-0.05, 0) is 59.5 Å². The molecule has 236 valence electrons. The normalized spacial score (nSPS) is 15.2. The first-order valence-corrected chi connectivity index (χ1v) is 14.5. The van der Waals surface area contributed by atoms with Crippen LogP contribution in [-0.2, 0) is 17.4 Å². The molecule has 2 aromatic carbocycles. The quantitative estimate of drug-likeness (QED) is 0.145. The molecule has 0 saturated carbocycles. The van der Waals surface area contributed by atoms with Crippen LogP contribution in [0, 0.1) is 0 Å². The number of carbonyl (C=O) groups excluding carboxylic acids is 2. The van der Waals surface area contributed by atoms with Crippen LogP contribution in [0.5, 0.6) is 0 Å². The van der Waals surface area contributed by atoms with E-state index in [4.69, 9.17) is 10.2 Å². The second-order valence-corrected chi connectivity index (χ2v) is 11.2. The van der Waals surface area contributed by atoms with E-state index >= 15 is 0 Å². The predicted octanol–water partition coefficient (Wildman–Crippen LogP) is 7.73. The van der Waals surface area contributed by atoms with Gasteiger partial charge in [0.25, 0.3) is 11.8 Å². The van der Waals surface area contributed by atoms with Gasteiger partial charge in [0.05, 0.1) is 16.8 Å². The number of ketones is 1. The van der Waals surface area contributed by atoms with Crippen LogP contribution in [0.4, 0.5) is 27.8 Å². The van der Waals surface area contributed by atoms with Crippen molar-refractivity contribution in [3.63, 3.8) is 0 Å². The van der Waals surface area contributed by atoms with Crippen LogP contribution in [0.2, 0.25) is 0 Å². The topological polar surface area (TPSA) is 102 Å². The summed E-state index contributed by atoms with van der Waals surface area (Å²) in [6.45, 7) is -0.189. The average Bonchev–Trinajstić information content (AvgIpc) is 3.44. The molecule has 6 rings (SSSR count). The summed E-state index contributed by atoms with van der Waals surface area (Å²) >= 11 is 0. The number of alkyl halides is 5. The molecule has 12 heteroatoms. The lowest BCUT2D eigenvalue weighted by Gasteiger charge is -2.31. The maximum Gasteiger partial charge on any atom is 0.420 e. The van der Waals surface area contributed by atoms with E-state index in [0.29, 0.717) is 5.82 Å². The van der Waals surface area contributed by atoms with Gasteiger partial charge in [-0.25, -0.2) is 13.8 Å². The van der Waals surface area contributed by atoms with Crippen molar-refractivity contribution >= 4 is 45.3 Å². The van der Waals surface area contributed by atoms with Gasteiger partial charge in [0.15, 0.2) is 5.78 Å². The van der Waals surface area contributed by atoms with Crippen LogP contribution in [-0.4, -0.2) is 45.6 Å². The molecule has 0 unspecified atom stereocenters. The summed E-state index contributed by atoms with van der Waals surface area (Å²) in [5.41, 5.74) is 5.62. The van der Waals surface area contributed by atoms with Gasteiger partial charge < -0.3 is 15.1 Å². The lowest BCUT2D eigenvalue weighted by molar-refractivity contribution is -0.136. The highest BCUT2D eigenvalue weighted by atomic mass is 19.4. The Labute approximate surface area is 259 Å². The number of allylic oxidation sites excluding steroid dienone is 1. The zero-order chi connectivity index (χ0) is 32.6. The molecule has 5 aromatic rings. The third kappa shape index (κ3) is 6.75. The number of nitrogens with zero attached hydrogens (tertiary/aromatic N) is 3. The summed E-state index contributed by atoms with van der Waals surface area (Å²) in [7, 11) is 0. The van der Waals surface area contributed by atoms with E-state index in [0.717, 1.165) is 22.4 Å². The molecule has 7 nitrogen and oxygen atoms in total. The first-order chi connectivity index (χ1) is 21.8. The molecule has 1 saturated heterocycles. The number of hydrogen-bond acceptors (Lipinski definition) is 6. The van der Waals surface area contributed by atoms with Gasteiger partial charge in [-0.1, -0.05) is 18.2 Å². The molecule has 46 heavy (non-hydrogen) atoms. The highest BCUT2D eigenvalue weighted by molar-refractivity contribution is 5.95. The molecule has 2 N–H and O–H groups in total. The summed E-state index contributed by atoms with van der Waals surface area (Å²) in [6, 6.07) is 14.0. The van der Waals surface area contributed by atoms with E-state index in [1.54, 1.807) is 18.3 Å². The summed E-state index contributed by atoms with van der Waals surface area (Å²) in [4.78, 5) is 34.9. The molecule has 0 atom stereocenters. The molecule has 1 amide bonds. The minimum atomic E-state index is -4.74. The molecule has 1 fully saturated rings. The fourth-order valence-corrected chi connectivity index (χ4v) is 5.40. The molecular formula is C34H27F5N4O3. The van der Waals surface area contributed by atoms with Crippen molar-refractivity contribution in [1.29, 1.82) is 0 Å². The number of furan rings is 1. The van der Waals surface area contributed by atoms with Crippen LogP contribution in [0.3, 0.4) is 0 Å². The van der Waals surface area contributed by atoms with Crippen LogP contribution in [0.15, 0.2) is 77.5 Å². The van der Waals surface area contributed by atoms with Crippen molar-refractivity contribution in [2.24, 2.45) is 0 Å². The van der Waals surface area contributed by atoms with E-state index in [-0.39, 0.29) is 65.3 Å². The number of anilines is 1. The highest BCUT2D eigenvalue weighted by Gasteiger charge is 2.37. The second-order valence-electron chi connectivity index (χ2n) is 11.2. The van der Waals surface area contributed by atoms with Crippen molar-refractivity contribution < 1.29 is 36.0 Å². The summed E-state index contributed by atoms with van der Waals surface area (Å²) in [5, 5.41) is 1.96. The fraction of sp³-hybridized carbons (Fsp3) is 0.235. The molecule has 0 radical (unpaired) electrons. The summed E-state index contributed by atoms with van der Waals surface area (Å²) in [5.74, 6) is -2.88. The number of piperidine rings is 1. The number of nitrogen functional groups attached to an aromatic ring is 1. The van der Waals surface area contributed by atoms with Crippen LogP contribution in [0.25, 0.3) is 39.1 Å². The second kappa shape index (κ2) is 12.0. The molecule has 4 heterocycles. The lowest BCUT2D eigenvalue weighted by Crippen LogP contribution is -2.42. The Hall–Kier alpha value is -5.13. The zero-order valence-corrected chi connectivity index (χ0v) is 24.3. The first kappa shape index (κ1) is 30.9. The molecule has 1 aliphatic rings. The van der Waals surface area contributed by atoms with Gasteiger partial charge in [0.2, 0.25) is 0 Å². The van der Waals surface area contributed by atoms with Crippen LogP contribution >= 0.6 is 0 Å². The summed E-state index contributed by atoms with van der Waals surface area (Å²) in [6.07, 6.45) is 0.439. The third-order valence-electron chi connectivity index (χ3n) is 7.91. The minimum absolute atomic E-state index is 0.0158. The number of amides is 1. The molecule has 3 aromatic heterocycles. The Kier molecular flexibility index (Phi) is 8.05. The van der Waals surface area contributed by atoms with Gasteiger partial charge in [-0.15, -0.1) is 0 Å². The third-order valence-corrected chi connectivity index (χ3v) is 7.91. The van der Waals surface area contributed by atoms with E-state index in [1.807, 2.05) is 18.2 Å². The lowest BCUT2D eigenvalue weighted by atomic mass is 10.0. The van der Waals surface area contributed by atoms with Crippen molar-refractivity contribution in [2.75, 3.05) is 18.8 Å². The van der Waals surface area contributed by atoms with Crippen molar-refractivity contribution in [3.05, 3.63) is 95.5 Å². The maximum atomic E-state index is 14.1. The van der Waals surface area contributed by atoms with Crippen molar-refractivity contribution in [1.82, 2.24) is 14.9 Å². The Balaban J connectivity index is 1.17. The zero-order valence-electron chi connectivity index (χ0n) is 24.3. The van der Waals surface area contributed by atoms with Crippen LogP contribution in [0.1, 0.15) is 46.5 Å². The van der Waals surface area contributed by atoms with Crippen LogP contribution < -0.4 is 5.73 Å². The number of carbonyl (C=O) groups is 2. The smallest absolute Gasteiger partial charge is 0.420 e. The van der Waals surface area contributed by atoms with Gasteiger partial charge in [0, 0.05) is 67.5 Å². The number of likely N-dealkylation sites (tertiary alicyclic amines) is 1.